The lowest BCUT2D eigenvalue weighted by Gasteiger charge is -2.18. The molecule has 0 fully saturated rings. The highest BCUT2D eigenvalue weighted by Gasteiger charge is 2.09. The van der Waals surface area contributed by atoms with E-state index in [9.17, 15) is 0 Å². The van der Waals surface area contributed by atoms with Crippen molar-refractivity contribution in [2.75, 3.05) is 17.7 Å². The van der Waals surface area contributed by atoms with Crippen LogP contribution in [0, 0.1) is 13.8 Å². The zero-order chi connectivity index (χ0) is 12.4. The molecule has 6 heteroatoms. The molecule has 2 rings (SSSR count). The molecule has 17 heavy (non-hydrogen) atoms. The minimum atomic E-state index is 0.500. The Hall–Kier alpha value is -1.69. The fraction of sp³-hybridized carbons (Fsp3) is 0.364. The van der Waals surface area contributed by atoms with E-state index in [1.807, 2.05) is 31.3 Å². The molecule has 90 valence electrons. The van der Waals surface area contributed by atoms with Gasteiger partial charge in [0.2, 0.25) is 0 Å². The lowest BCUT2D eigenvalue weighted by atomic mass is 10.3. The SMILES string of the molecule is Cc1nc(N)cc(N(C)Cc2scnc2C)n1. The average Bonchev–Trinajstić information content (AvgIpc) is 2.63. The molecule has 2 heterocycles. The van der Waals surface area contributed by atoms with E-state index in [1.54, 1.807) is 17.4 Å². The Morgan fingerprint density at radius 1 is 1.35 bits per heavy atom. The Morgan fingerprint density at radius 2 is 2.12 bits per heavy atom. The van der Waals surface area contributed by atoms with E-state index in [4.69, 9.17) is 5.73 Å². The van der Waals surface area contributed by atoms with Crippen molar-refractivity contribution in [1.29, 1.82) is 0 Å². The van der Waals surface area contributed by atoms with Gasteiger partial charge in [-0.15, -0.1) is 11.3 Å². The number of anilines is 2. The van der Waals surface area contributed by atoms with E-state index in [0.29, 0.717) is 11.6 Å². The van der Waals surface area contributed by atoms with Crippen LogP contribution in [0.3, 0.4) is 0 Å². The summed E-state index contributed by atoms with van der Waals surface area (Å²) in [6.07, 6.45) is 0. The quantitative estimate of drug-likeness (QED) is 0.898. The molecule has 0 radical (unpaired) electrons. The summed E-state index contributed by atoms with van der Waals surface area (Å²) in [7, 11) is 1.99. The molecule has 0 atom stereocenters. The second-order valence-corrected chi connectivity index (χ2v) is 4.85. The molecule has 0 unspecified atom stereocenters. The molecule has 2 N–H and O–H groups in total. The summed E-state index contributed by atoms with van der Waals surface area (Å²) in [5.74, 6) is 2.02. The van der Waals surface area contributed by atoms with Gasteiger partial charge in [0.25, 0.3) is 0 Å². The molecule has 0 aliphatic carbocycles. The molecule has 2 aromatic rings. The summed E-state index contributed by atoms with van der Waals surface area (Å²) < 4.78 is 0. The average molecular weight is 249 g/mol. The third-order valence-electron chi connectivity index (χ3n) is 2.46. The second kappa shape index (κ2) is 4.67. The number of thiazole rings is 1. The van der Waals surface area contributed by atoms with E-state index in [0.717, 1.165) is 18.1 Å². The summed E-state index contributed by atoms with van der Waals surface area (Å²) in [6.45, 7) is 4.64. The lowest BCUT2D eigenvalue weighted by Crippen LogP contribution is -2.18. The predicted octanol–water partition coefficient (Wildman–Crippen LogP) is 1.77. The number of nitrogen functional groups attached to an aromatic ring is 1. The predicted molar refractivity (Wildman–Crippen MR) is 70.1 cm³/mol. The van der Waals surface area contributed by atoms with Crippen LogP contribution in [-0.4, -0.2) is 22.0 Å². The summed E-state index contributed by atoms with van der Waals surface area (Å²) in [4.78, 5) is 15.9. The van der Waals surface area contributed by atoms with E-state index in [1.165, 1.54) is 4.88 Å². The third kappa shape index (κ3) is 2.71. The molecule has 0 bridgehead atoms. The van der Waals surface area contributed by atoms with Crippen molar-refractivity contribution in [2.45, 2.75) is 20.4 Å². The fourth-order valence-electron chi connectivity index (χ4n) is 1.54. The Balaban J connectivity index is 2.20. The van der Waals surface area contributed by atoms with E-state index in [-0.39, 0.29) is 0 Å². The Kier molecular flexibility index (Phi) is 3.23. The molecule has 0 saturated carbocycles. The Morgan fingerprint density at radius 3 is 2.71 bits per heavy atom. The van der Waals surface area contributed by atoms with Crippen molar-refractivity contribution in [3.8, 4) is 0 Å². The first-order valence-electron chi connectivity index (χ1n) is 5.27. The van der Waals surface area contributed by atoms with E-state index < -0.39 is 0 Å². The van der Waals surface area contributed by atoms with Gasteiger partial charge in [-0.25, -0.2) is 15.0 Å². The molecule has 0 aliphatic rings. The van der Waals surface area contributed by atoms with Crippen LogP contribution in [0.15, 0.2) is 11.6 Å². The molecule has 2 aromatic heterocycles. The first-order valence-corrected chi connectivity index (χ1v) is 6.15. The third-order valence-corrected chi connectivity index (χ3v) is 3.38. The number of rotatable bonds is 3. The van der Waals surface area contributed by atoms with Gasteiger partial charge in [-0.3, -0.25) is 0 Å². The number of nitrogens with zero attached hydrogens (tertiary/aromatic N) is 4. The maximum atomic E-state index is 5.71. The fourth-order valence-corrected chi connectivity index (χ4v) is 2.37. The van der Waals surface area contributed by atoms with Crippen molar-refractivity contribution in [2.24, 2.45) is 0 Å². The molecular weight excluding hydrogens is 234 g/mol. The van der Waals surface area contributed by atoms with Gasteiger partial charge in [-0.1, -0.05) is 0 Å². The van der Waals surface area contributed by atoms with Crippen LogP contribution in [0.25, 0.3) is 0 Å². The maximum Gasteiger partial charge on any atom is 0.134 e. The molecule has 0 spiro atoms. The number of aryl methyl sites for hydroxylation is 2. The minimum Gasteiger partial charge on any atom is -0.384 e. The van der Waals surface area contributed by atoms with Crippen LogP contribution in [-0.2, 0) is 6.54 Å². The largest absolute Gasteiger partial charge is 0.384 e. The van der Waals surface area contributed by atoms with Crippen molar-refractivity contribution in [1.82, 2.24) is 15.0 Å². The number of nitrogens with two attached hydrogens (primary N) is 1. The van der Waals surface area contributed by atoms with E-state index in [2.05, 4.69) is 15.0 Å². The summed E-state index contributed by atoms with van der Waals surface area (Å²) in [5, 5.41) is 0. The number of aromatic nitrogens is 3. The van der Waals surface area contributed by atoms with E-state index >= 15 is 0 Å². The van der Waals surface area contributed by atoms with Crippen LogP contribution in [0.5, 0.6) is 0 Å². The smallest absolute Gasteiger partial charge is 0.134 e. The number of hydrogen-bond acceptors (Lipinski definition) is 6. The van der Waals surface area contributed by atoms with Gasteiger partial charge in [0, 0.05) is 18.0 Å². The first kappa shape index (κ1) is 11.8. The Bertz CT molecular complexity index is 502. The topological polar surface area (TPSA) is 67.9 Å². The molecule has 0 aliphatic heterocycles. The van der Waals surface area contributed by atoms with Crippen molar-refractivity contribution in [3.05, 3.63) is 28.0 Å². The van der Waals surface area contributed by atoms with Gasteiger partial charge in [0.05, 0.1) is 17.7 Å². The van der Waals surface area contributed by atoms with Gasteiger partial charge in [0.1, 0.15) is 17.5 Å². The molecule has 0 aromatic carbocycles. The van der Waals surface area contributed by atoms with Crippen LogP contribution in [0.1, 0.15) is 16.4 Å². The summed E-state index contributed by atoms with van der Waals surface area (Å²) in [5.41, 5.74) is 8.64. The van der Waals surface area contributed by atoms with Crippen LogP contribution in [0.2, 0.25) is 0 Å². The maximum absolute atomic E-state index is 5.71. The molecule has 0 amide bonds. The Labute approximate surface area is 104 Å². The highest BCUT2D eigenvalue weighted by molar-refractivity contribution is 7.09. The molecular formula is C11H15N5S. The van der Waals surface area contributed by atoms with Crippen LogP contribution < -0.4 is 10.6 Å². The molecule has 0 saturated heterocycles. The van der Waals surface area contributed by atoms with Crippen molar-refractivity contribution < 1.29 is 0 Å². The van der Waals surface area contributed by atoms with Gasteiger partial charge < -0.3 is 10.6 Å². The highest BCUT2D eigenvalue weighted by atomic mass is 32.1. The normalized spacial score (nSPS) is 10.5. The van der Waals surface area contributed by atoms with Gasteiger partial charge in [0.15, 0.2) is 0 Å². The zero-order valence-electron chi connectivity index (χ0n) is 10.1. The first-order chi connectivity index (χ1) is 8.06. The second-order valence-electron chi connectivity index (χ2n) is 3.92. The highest BCUT2D eigenvalue weighted by Crippen LogP contribution is 2.19. The van der Waals surface area contributed by atoms with Gasteiger partial charge >= 0.3 is 0 Å². The standard InChI is InChI=1S/C11H15N5S/c1-7-9(17-6-13-7)5-16(3)11-4-10(12)14-8(2)15-11/h4,6H,5H2,1-3H3,(H2,12,14,15). The summed E-state index contributed by atoms with van der Waals surface area (Å²) >= 11 is 1.65. The van der Waals surface area contributed by atoms with Crippen LogP contribution >= 0.6 is 11.3 Å². The summed E-state index contributed by atoms with van der Waals surface area (Å²) in [6, 6.07) is 1.78. The van der Waals surface area contributed by atoms with Gasteiger partial charge in [-0.05, 0) is 13.8 Å². The van der Waals surface area contributed by atoms with Crippen LogP contribution in [0.4, 0.5) is 11.6 Å². The minimum absolute atomic E-state index is 0.500. The van der Waals surface area contributed by atoms with Crippen molar-refractivity contribution >= 4 is 23.0 Å². The molecule has 5 nitrogen and oxygen atoms in total. The number of hydrogen-bond donors (Lipinski definition) is 1. The van der Waals surface area contributed by atoms with Crippen molar-refractivity contribution in [3.63, 3.8) is 0 Å². The van der Waals surface area contributed by atoms with Gasteiger partial charge in [-0.2, -0.15) is 0 Å². The lowest BCUT2D eigenvalue weighted by molar-refractivity contribution is 0.884. The monoisotopic (exact) mass is 249 g/mol. The zero-order valence-corrected chi connectivity index (χ0v) is 11.0.